The number of hydrogen-bond donors (Lipinski definition) is 1. The largest absolute Gasteiger partial charge is 0.386 e. The average Bonchev–Trinajstić information content (AvgIpc) is 2.85. The second-order valence-electron chi connectivity index (χ2n) is 7.53. The Morgan fingerprint density at radius 3 is 2.77 bits per heavy atom. The Kier molecular flexibility index (Phi) is 5.32. The molecule has 0 aromatic carbocycles. The summed E-state index contributed by atoms with van der Waals surface area (Å²) in [6.07, 6.45) is 12.8. The molecule has 0 aromatic rings. The van der Waals surface area contributed by atoms with Gasteiger partial charge in [0.2, 0.25) is 0 Å². The number of ketones is 1. The summed E-state index contributed by atoms with van der Waals surface area (Å²) in [5.74, 6) is 1.15. The second-order valence-corrected chi connectivity index (χ2v) is 7.53. The van der Waals surface area contributed by atoms with E-state index in [2.05, 4.69) is 26.0 Å². The van der Waals surface area contributed by atoms with Crippen LogP contribution < -0.4 is 0 Å². The monoisotopic (exact) mass is 304 g/mol. The highest BCUT2D eigenvalue weighted by atomic mass is 16.3. The van der Waals surface area contributed by atoms with Gasteiger partial charge in [-0.15, -0.1) is 0 Å². The molecule has 2 nitrogen and oxygen atoms in total. The van der Waals surface area contributed by atoms with Gasteiger partial charge in [0.15, 0.2) is 0 Å². The molecule has 3 atom stereocenters. The molecular formula is C20H32O2. The summed E-state index contributed by atoms with van der Waals surface area (Å²) in [5.41, 5.74) is 0.914. The van der Waals surface area contributed by atoms with Gasteiger partial charge in [0.05, 0.1) is 5.60 Å². The van der Waals surface area contributed by atoms with Crippen LogP contribution in [0.15, 0.2) is 23.8 Å². The zero-order valence-electron chi connectivity index (χ0n) is 14.7. The molecule has 2 heteroatoms. The number of hydrogen-bond acceptors (Lipinski definition) is 2. The summed E-state index contributed by atoms with van der Waals surface area (Å²) >= 11 is 0. The summed E-state index contributed by atoms with van der Waals surface area (Å²) in [5, 5.41) is 10.3. The molecule has 0 aromatic heterocycles. The summed E-state index contributed by atoms with van der Waals surface area (Å²) in [6.45, 7) is 8.61. The third kappa shape index (κ3) is 3.22. The number of carbonyl (C=O) groups is 1. The van der Waals surface area contributed by atoms with E-state index in [1.54, 1.807) is 0 Å². The molecule has 1 fully saturated rings. The Hall–Kier alpha value is -0.890. The van der Waals surface area contributed by atoms with Gasteiger partial charge in [-0.2, -0.15) is 0 Å². The van der Waals surface area contributed by atoms with E-state index in [0.29, 0.717) is 11.7 Å². The summed E-state index contributed by atoms with van der Waals surface area (Å²) in [6, 6.07) is 0. The van der Waals surface area contributed by atoms with E-state index in [1.165, 1.54) is 5.57 Å². The van der Waals surface area contributed by atoms with Crippen LogP contribution in [0.3, 0.4) is 0 Å². The van der Waals surface area contributed by atoms with Crippen LogP contribution in [0.2, 0.25) is 0 Å². The van der Waals surface area contributed by atoms with Crippen LogP contribution in [0.25, 0.3) is 0 Å². The Balaban J connectivity index is 2.03. The minimum absolute atomic E-state index is 0.0917. The van der Waals surface area contributed by atoms with E-state index in [0.717, 1.165) is 44.9 Å². The Morgan fingerprint density at radius 1 is 1.45 bits per heavy atom. The van der Waals surface area contributed by atoms with E-state index < -0.39 is 5.60 Å². The maximum atomic E-state index is 12.2. The first-order valence-corrected chi connectivity index (χ1v) is 8.99. The van der Waals surface area contributed by atoms with Crippen molar-refractivity contribution in [3.05, 3.63) is 23.8 Å². The number of aliphatic hydroxyl groups is 1. The lowest BCUT2D eigenvalue weighted by atomic mass is 9.63. The van der Waals surface area contributed by atoms with Gasteiger partial charge < -0.3 is 5.11 Å². The maximum Gasteiger partial charge on any atom is 0.137 e. The number of rotatable bonds is 6. The van der Waals surface area contributed by atoms with Crippen LogP contribution in [0, 0.1) is 17.3 Å². The molecule has 0 bridgehead atoms. The van der Waals surface area contributed by atoms with Crippen LogP contribution in [0.1, 0.15) is 72.6 Å². The summed E-state index contributed by atoms with van der Waals surface area (Å²) in [7, 11) is 0. The van der Waals surface area contributed by atoms with Gasteiger partial charge in [-0.3, -0.25) is 4.79 Å². The molecule has 0 saturated heterocycles. The van der Waals surface area contributed by atoms with Crippen LogP contribution >= 0.6 is 0 Å². The van der Waals surface area contributed by atoms with Crippen molar-refractivity contribution in [1.29, 1.82) is 0 Å². The number of allylic oxidation sites excluding steroid dienone is 3. The van der Waals surface area contributed by atoms with Gasteiger partial charge in [0.1, 0.15) is 5.78 Å². The predicted octanol–water partition coefficient (Wildman–Crippen LogP) is 4.83. The van der Waals surface area contributed by atoms with E-state index in [-0.39, 0.29) is 11.3 Å². The molecule has 1 saturated carbocycles. The van der Waals surface area contributed by atoms with Gasteiger partial charge >= 0.3 is 0 Å². The molecule has 0 radical (unpaired) electrons. The summed E-state index contributed by atoms with van der Waals surface area (Å²) < 4.78 is 0. The number of carbonyl (C=O) groups excluding carboxylic acids is 1. The fourth-order valence-electron chi connectivity index (χ4n) is 4.42. The average molecular weight is 304 g/mol. The molecule has 2 aliphatic carbocycles. The lowest BCUT2D eigenvalue weighted by molar-refractivity contribution is -0.128. The molecule has 0 aliphatic heterocycles. The highest BCUT2D eigenvalue weighted by Gasteiger charge is 2.47. The molecule has 22 heavy (non-hydrogen) atoms. The van der Waals surface area contributed by atoms with Crippen LogP contribution in [0.4, 0.5) is 0 Å². The van der Waals surface area contributed by atoms with E-state index >= 15 is 0 Å². The SMILES string of the molecule is CCC(O)(C=CC[C@H](C)C1=CCC2C(=O)CCC[C@]12C)CC. The van der Waals surface area contributed by atoms with Gasteiger partial charge in [-0.05, 0) is 49.9 Å². The van der Waals surface area contributed by atoms with E-state index in [4.69, 9.17) is 0 Å². The Morgan fingerprint density at radius 2 is 2.14 bits per heavy atom. The first-order chi connectivity index (χ1) is 10.4. The first-order valence-electron chi connectivity index (χ1n) is 8.99. The highest BCUT2D eigenvalue weighted by molar-refractivity contribution is 5.84. The first kappa shape index (κ1) is 17.5. The van der Waals surface area contributed by atoms with E-state index in [9.17, 15) is 9.90 Å². The minimum atomic E-state index is -0.656. The standard InChI is InChI=1S/C20H32O2/c1-5-20(22,6-2)14-7-9-15(3)16-11-12-17-18(21)10-8-13-19(16,17)4/h7,11,14-15,17,22H,5-6,8-10,12-13H2,1-4H3/t15-,17?,19+/m0/s1. The molecule has 0 heterocycles. The molecule has 1 N–H and O–H groups in total. The molecule has 0 amide bonds. The van der Waals surface area contributed by atoms with Gasteiger partial charge in [0.25, 0.3) is 0 Å². The lowest BCUT2D eigenvalue weighted by Crippen LogP contribution is -2.36. The zero-order valence-corrected chi connectivity index (χ0v) is 14.7. The maximum absolute atomic E-state index is 12.2. The van der Waals surface area contributed by atoms with Crippen molar-refractivity contribution < 1.29 is 9.90 Å². The van der Waals surface area contributed by atoms with Crippen molar-refractivity contribution >= 4 is 5.78 Å². The van der Waals surface area contributed by atoms with Crippen molar-refractivity contribution in [2.24, 2.45) is 17.3 Å². The summed E-state index contributed by atoms with van der Waals surface area (Å²) in [4.78, 5) is 12.2. The smallest absolute Gasteiger partial charge is 0.137 e. The van der Waals surface area contributed by atoms with Crippen molar-refractivity contribution in [2.75, 3.05) is 0 Å². The van der Waals surface area contributed by atoms with Gasteiger partial charge in [-0.1, -0.05) is 51.5 Å². The number of Topliss-reactive ketones (excluding diaryl/α,β-unsaturated/α-hetero) is 1. The van der Waals surface area contributed by atoms with Crippen LogP contribution in [0.5, 0.6) is 0 Å². The molecule has 124 valence electrons. The third-order valence-electron chi connectivity index (χ3n) is 6.18. The molecular weight excluding hydrogens is 272 g/mol. The normalized spacial score (nSPS) is 30.5. The Labute approximate surface area is 135 Å². The number of fused-ring (bicyclic) bond motifs is 1. The molecule has 2 rings (SSSR count). The third-order valence-corrected chi connectivity index (χ3v) is 6.18. The topological polar surface area (TPSA) is 37.3 Å². The van der Waals surface area contributed by atoms with Crippen LogP contribution in [-0.4, -0.2) is 16.5 Å². The fourth-order valence-corrected chi connectivity index (χ4v) is 4.42. The van der Waals surface area contributed by atoms with Crippen molar-refractivity contribution in [1.82, 2.24) is 0 Å². The minimum Gasteiger partial charge on any atom is -0.386 e. The van der Waals surface area contributed by atoms with Crippen LogP contribution in [-0.2, 0) is 4.79 Å². The fraction of sp³-hybridized carbons (Fsp3) is 0.750. The molecule has 2 aliphatic rings. The molecule has 1 unspecified atom stereocenters. The van der Waals surface area contributed by atoms with Crippen molar-refractivity contribution in [3.63, 3.8) is 0 Å². The zero-order chi connectivity index (χ0) is 16.4. The van der Waals surface area contributed by atoms with Crippen molar-refractivity contribution in [3.8, 4) is 0 Å². The second kappa shape index (κ2) is 6.70. The molecule has 0 spiro atoms. The van der Waals surface area contributed by atoms with E-state index in [1.807, 2.05) is 19.9 Å². The lowest BCUT2D eigenvalue weighted by Gasteiger charge is -2.40. The highest BCUT2D eigenvalue weighted by Crippen LogP contribution is 2.53. The quantitative estimate of drug-likeness (QED) is 0.714. The van der Waals surface area contributed by atoms with Gasteiger partial charge in [0, 0.05) is 12.3 Å². The Bertz CT molecular complexity index is 470. The predicted molar refractivity (Wildman–Crippen MR) is 91.6 cm³/mol. The van der Waals surface area contributed by atoms with Crippen molar-refractivity contribution in [2.45, 2.75) is 78.2 Å². The van der Waals surface area contributed by atoms with Gasteiger partial charge in [-0.25, -0.2) is 0 Å².